The highest BCUT2D eigenvalue weighted by molar-refractivity contribution is 4.81. The van der Waals surface area contributed by atoms with Crippen molar-refractivity contribution >= 4 is 0 Å². The monoisotopic (exact) mass is 201 g/mol. The maximum atomic E-state index is 9.82. The van der Waals surface area contributed by atoms with Gasteiger partial charge in [0.1, 0.15) is 0 Å². The van der Waals surface area contributed by atoms with Crippen LogP contribution in [0, 0.1) is 5.92 Å². The highest BCUT2D eigenvalue weighted by Gasteiger charge is 2.26. The van der Waals surface area contributed by atoms with Crippen LogP contribution in [0.4, 0.5) is 0 Å². The molecule has 0 aromatic heterocycles. The van der Waals surface area contributed by atoms with Crippen LogP contribution in [-0.4, -0.2) is 47.5 Å². The van der Waals surface area contributed by atoms with Gasteiger partial charge in [-0.05, 0) is 25.8 Å². The van der Waals surface area contributed by atoms with Crippen LogP contribution in [0.25, 0.3) is 0 Å². The molecule has 2 N–H and O–H groups in total. The van der Waals surface area contributed by atoms with E-state index in [-0.39, 0.29) is 12.7 Å². The van der Waals surface area contributed by atoms with Crippen LogP contribution in [0.15, 0.2) is 0 Å². The minimum Gasteiger partial charge on any atom is -0.396 e. The molecular formula is C11H23NO2. The number of hydrogen-bond acceptors (Lipinski definition) is 3. The lowest BCUT2D eigenvalue weighted by Crippen LogP contribution is -2.45. The first kappa shape index (κ1) is 12.0. The van der Waals surface area contributed by atoms with E-state index in [9.17, 15) is 5.11 Å². The van der Waals surface area contributed by atoms with Crippen LogP contribution in [0.5, 0.6) is 0 Å². The zero-order valence-electron chi connectivity index (χ0n) is 9.32. The molecule has 0 heterocycles. The second kappa shape index (κ2) is 5.69. The standard InChI is InChI=1S/C11H23NO2/c1-9(8-13)7-12(2)10-5-3-4-6-11(10)14/h9-11,13-14H,3-8H2,1-2H3. The van der Waals surface area contributed by atoms with Gasteiger partial charge < -0.3 is 15.1 Å². The summed E-state index contributed by atoms with van der Waals surface area (Å²) in [7, 11) is 2.05. The molecule has 1 saturated carbocycles. The molecule has 0 saturated heterocycles. The summed E-state index contributed by atoms with van der Waals surface area (Å²) in [5.41, 5.74) is 0. The summed E-state index contributed by atoms with van der Waals surface area (Å²) in [6, 6.07) is 0.303. The zero-order chi connectivity index (χ0) is 10.6. The van der Waals surface area contributed by atoms with Crippen molar-refractivity contribution in [2.45, 2.75) is 44.8 Å². The van der Waals surface area contributed by atoms with E-state index < -0.39 is 0 Å². The van der Waals surface area contributed by atoms with Gasteiger partial charge in [0.25, 0.3) is 0 Å². The van der Waals surface area contributed by atoms with Gasteiger partial charge in [-0.25, -0.2) is 0 Å². The lowest BCUT2D eigenvalue weighted by atomic mass is 9.91. The first-order valence-electron chi connectivity index (χ1n) is 5.64. The Labute approximate surface area is 86.7 Å². The first-order valence-corrected chi connectivity index (χ1v) is 5.64. The quantitative estimate of drug-likeness (QED) is 0.708. The van der Waals surface area contributed by atoms with Gasteiger partial charge in [-0.3, -0.25) is 0 Å². The van der Waals surface area contributed by atoms with Gasteiger partial charge in [0.15, 0.2) is 0 Å². The fraction of sp³-hybridized carbons (Fsp3) is 1.00. The number of hydrogen-bond donors (Lipinski definition) is 2. The highest BCUT2D eigenvalue weighted by atomic mass is 16.3. The molecule has 3 nitrogen and oxygen atoms in total. The molecule has 3 unspecified atom stereocenters. The van der Waals surface area contributed by atoms with Gasteiger partial charge in [-0.1, -0.05) is 19.8 Å². The van der Waals surface area contributed by atoms with Crippen LogP contribution < -0.4 is 0 Å². The predicted molar refractivity (Wildman–Crippen MR) is 57.1 cm³/mol. The Bertz CT molecular complexity index is 163. The molecule has 3 heteroatoms. The third-order valence-corrected chi connectivity index (χ3v) is 3.17. The minimum absolute atomic E-state index is 0.167. The number of likely N-dealkylation sites (N-methyl/N-ethyl adjacent to an activating group) is 1. The summed E-state index contributed by atoms with van der Waals surface area (Å²) < 4.78 is 0. The molecule has 0 aromatic rings. The van der Waals surface area contributed by atoms with Gasteiger partial charge >= 0.3 is 0 Å². The average molecular weight is 201 g/mol. The molecule has 3 atom stereocenters. The molecule has 14 heavy (non-hydrogen) atoms. The third-order valence-electron chi connectivity index (χ3n) is 3.17. The summed E-state index contributed by atoms with van der Waals surface area (Å²) in [6.45, 7) is 3.14. The fourth-order valence-corrected chi connectivity index (χ4v) is 2.29. The Morgan fingerprint density at radius 2 is 2.00 bits per heavy atom. The summed E-state index contributed by atoms with van der Waals surface area (Å²) >= 11 is 0. The molecule has 1 rings (SSSR count). The second-order valence-electron chi connectivity index (χ2n) is 4.65. The predicted octanol–water partition coefficient (Wildman–Crippen LogP) is 0.850. The molecule has 0 aliphatic heterocycles. The summed E-state index contributed by atoms with van der Waals surface area (Å²) in [5, 5.41) is 18.8. The molecule has 0 aromatic carbocycles. The number of nitrogens with zero attached hydrogens (tertiary/aromatic N) is 1. The second-order valence-corrected chi connectivity index (χ2v) is 4.65. The Balaban J connectivity index is 2.37. The average Bonchev–Trinajstić information content (AvgIpc) is 2.18. The van der Waals surface area contributed by atoms with E-state index in [2.05, 4.69) is 4.90 Å². The van der Waals surface area contributed by atoms with E-state index in [0.29, 0.717) is 12.0 Å². The summed E-state index contributed by atoms with van der Waals surface area (Å²) in [4.78, 5) is 2.20. The summed E-state index contributed by atoms with van der Waals surface area (Å²) in [6.07, 6.45) is 4.23. The van der Waals surface area contributed by atoms with Crippen molar-refractivity contribution in [2.24, 2.45) is 5.92 Å². The normalized spacial score (nSPS) is 30.6. The smallest absolute Gasteiger partial charge is 0.0695 e. The SMILES string of the molecule is CC(CO)CN(C)C1CCCCC1O. The molecule has 0 amide bonds. The van der Waals surface area contributed by atoms with E-state index in [1.807, 2.05) is 14.0 Å². The van der Waals surface area contributed by atoms with Crippen LogP contribution in [0.2, 0.25) is 0 Å². The number of aliphatic hydroxyl groups excluding tert-OH is 2. The molecule has 1 fully saturated rings. The number of aliphatic hydroxyl groups is 2. The van der Waals surface area contributed by atoms with Gasteiger partial charge in [-0.2, -0.15) is 0 Å². The van der Waals surface area contributed by atoms with Gasteiger partial charge in [0.2, 0.25) is 0 Å². The largest absolute Gasteiger partial charge is 0.396 e. The third kappa shape index (κ3) is 3.23. The van der Waals surface area contributed by atoms with Crippen LogP contribution >= 0.6 is 0 Å². The van der Waals surface area contributed by atoms with E-state index in [1.165, 1.54) is 6.42 Å². The van der Waals surface area contributed by atoms with E-state index in [4.69, 9.17) is 5.11 Å². The van der Waals surface area contributed by atoms with Crippen molar-refractivity contribution in [3.05, 3.63) is 0 Å². The maximum Gasteiger partial charge on any atom is 0.0695 e. The van der Waals surface area contributed by atoms with Crippen LogP contribution in [-0.2, 0) is 0 Å². The zero-order valence-corrected chi connectivity index (χ0v) is 9.32. The fourth-order valence-electron chi connectivity index (χ4n) is 2.29. The minimum atomic E-state index is -0.167. The lowest BCUT2D eigenvalue weighted by Gasteiger charge is -2.36. The maximum absolute atomic E-state index is 9.82. The van der Waals surface area contributed by atoms with E-state index in [1.54, 1.807) is 0 Å². The van der Waals surface area contributed by atoms with Crippen molar-refractivity contribution in [1.82, 2.24) is 4.90 Å². The highest BCUT2D eigenvalue weighted by Crippen LogP contribution is 2.22. The molecule has 0 bridgehead atoms. The van der Waals surface area contributed by atoms with E-state index >= 15 is 0 Å². The molecule has 1 aliphatic carbocycles. The Morgan fingerprint density at radius 1 is 1.36 bits per heavy atom. The van der Waals surface area contributed by atoms with Gasteiger partial charge in [-0.15, -0.1) is 0 Å². The first-order chi connectivity index (χ1) is 6.65. The van der Waals surface area contributed by atoms with Gasteiger partial charge in [0.05, 0.1) is 6.10 Å². The molecular weight excluding hydrogens is 178 g/mol. The van der Waals surface area contributed by atoms with E-state index in [0.717, 1.165) is 25.8 Å². The van der Waals surface area contributed by atoms with Crippen molar-refractivity contribution in [1.29, 1.82) is 0 Å². The molecule has 0 radical (unpaired) electrons. The topological polar surface area (TPSA) is 43.7 Å². The Kier molecular flexibility index (Phi) is 4.85. The van der Waals surface area contributed by atoms with Crippen molar-refractivity contribution in [2.75, 3.05) is 20.2 Å². The summed E-state index contributed by atoms with van der Waals surface area (Å²) in [5.74, 6) is 0.300. The Hall–Kier alpha value is -0.120. The van der Waals surface area contributed by atoms with Crippen molar-refractivity contribution in [3.63, 3.8) is 0 Å². The molecule has 1 aliphatic rings. The number of rotatable bonds is 4. The van der Waals surface area contributed by atoms with Crippen molar-refractivity contribution < 1.29 is 10.2 Å². The van der Waals surface area contributed by atoms with Crippen LogP contribution in [0.3, 0.4) is 0 Å². The lowest BCUT2D eigenvalue weighted by molar-refractivity contribution is 0.0227. The molecule has 84 valence electrons. The molecule has 0 spiro atoms. The Morgan fingerprint density at radius 3 is 2.57 bits per heavy atom. The van der Waals surface area contributed by atoms with Crippen molar-refractivity contribution in [3.8, 4) is 0 Å². The van der Waals surface area contributed by atoms with Crippen LogP contribution in [0.1, 0.15) is 32.6 Å². The van der Waals surface area contributed by atoms with Gasteiger partial charge in [0, 0.05) is 19.2 Å².